The third-order valence-electron chi connectivity index (χ3n) is 4.26. The molecule has 5 heteroatoms. The number of hydrogen-bond acceptors (Lipinski definition) is 4. The zero-order valence-corrected chi connectivity index (χ0v) is 10.8. The molecule has 0 aliphatic carbocycles. The number of piperidine rings is 1. The highest BCUT2D eigenvalue weighted by atomic mass is 16.5. The summed E-state index contributed by atoms with van der Waals surface area (Å²) in [4.78, 5) is 13.9. The maximum atomic E-state index is 11.4. The van der Waals surface area contributed by atoms with E-state index in [1.165, 1.54) is 0 Å². The van der Waals surface area contributed by atoms with Gasteiger partial charge in [0.2, 0.25) is 5.91 Å². The summed E-state index contributed by atoms with van der Waals surface area (Å²) in [5, 5.41) is 2.97. The Balaban J connectivity index is 1.50. The topological polar surface area (TPSA) is 50.8 Å². The summed E-state index contributed by atoms with van der Waals surface area (Å²) < 4.78 is 11.1. The van der Waals surface area contributed by atoms with Crippen molar-refractivity contribution in [3.8, 4) is 0 Å². The summed E-state index contributed by atoms with van der Waals surface area (Å²) >= 11 is 0. The Kier molecular flexibility index (Phi) is 3.82. The molecule has 1 N–H and O–H groups in total. The van der Waals surface area contributed by atoms with E-state index in [0.717, 1.165) is 52.6 Å². The lowest BCUT2D eigenvalue weighted by Gasteiger charge is -2.23. The highest BCUT2D eigenvalue weighted by molar-refractivity contribution is 5.77. The van der Waals surface area contributed by atoms with E-state index < -0.39 is 0 Å². The molecule has 1 amide bonds. The van der Waals surface area contributed by atoms with E-state index in [1.54, 1.807) is 0 Å². The van der Waals surface area contributed by atoms with Crippen LogP contribution in [-0.2, 0) is 14.3 Å². The Morgan fingerprint density at radius 2 is 1.89 bits per heavy atom. The number of likely N-dealkylation sites (tertiary alicyclic amines) is 1. The molecule has 0 spiro atoms. The van der Waals surface area contributed by atoms with Crippen LogP contribution in [0, 0.1) is 17.8 Å². The first-order chi connectivity index (χ1) is 8.81. The molecule has 2 atom stereocenters. The second-order valence-corrected chi connectivity index (χ2v) is 5.76. The van der Waals surface area contributed by atoms with Gasteiger partial charge in [-0.05, 0) is 11.8 Å². The molecule has 102 valence electrons. The summed E-state index contributed by atoms with van der Waals surface area (Å²) in [6, 6.07) is 0. The van der Waals surface area contributed by atoms with Crippen LogP contribution in [0.3, 0.4) is 0 Å². The first-order valence-electron chi connectivity index (χ1n) is 6.96. The normalized spacial score (nSPS) is 35.0. The number of nitrogens with one attached hydrogen (secondary N) is 1. The minimum absolute atomic E-state index is 0.222. The van der Waals surface area contributed by atoms with Gasteiger partial charge in [0.25, 0.3) is 0 Å². The van der Waals surface area contributed by atoms with Crippen LogP contribution in [0.5, 0.6) is 0 Å². The van der Waals surface area contributed by atoms with E-state index in [4.69, 9.17) is 9.47 Å². The molecule has 0 bridgehead atoms. The van der Waals surface area contributed by atoms with Gasteiger partial charge < -0.3 is 19.7 Å². The van der Waals surface area contributed by atoms with Gasteiger partial charge in [0.15, 0.2) is 0 Å². The number of rotatable bonds is 2. The van der Waals surface area contributed by atoms with Crippen molar-refractivity contribution in [2.24, 2.45) is 17.8 Å². The highest BCUT2D eigenvalue weighted by Crippen LogP contribution is 2.29. The van der Waals surface area contributed by atoms with Crippen LogP contribution in [0.4, 0.5) is 0 Å². The van der Waals surface area contributed by atoms with Crippen molar-refractivity contribution in [1.29, 1.82) is 0 Å². The summed E-state index contributed by atoms with van der Waals surface area (Å²) in [7, 11) is 0. The third kappa shape index (κ3) is 2.84. The summed E-state index contributed by atoms with van der Waals surface area (Å²) in [6.07, 6.45) is 0.707. The molecule has 3 heterocycles. The van der Waals surface area contributed by atoms with Crippen molar-refractivity contribution < 1.29 is 14.3 Å². The van der Waals surface area contributed by atoms with E-state index in [9.17, 15) is 4.79 Å². The van der Waals surface area contributed by atoms with Gasteiger partial charge in [0, 0.05) is 38.5 Å². The van der Waals surface area contributed by atoms with E-state index in [1.807, 2.05) is 0 Å². The smallest absolute Gasteiger partial charge is 0.220 e. The Labute approximate surface area is 108 Å². The zero-order valence-electron chi connectivity index (χ0n) is 10.8. The molecule has 3 aliphatic rings. The lowest BCUT2D eigenvalue weighted by molar-refractivity contribution is -0.124. The van der Waals surface area contributed by atoms with Gasteiger partial charge in [0.05, 0.1) is 26.4 Å². The lowest BCUT2D eigenvalue weighted by Crippen LogP contribution is -2.40. The average Bonchev–Trinajstić information content (AvgIpc) is 2.57. The first kappa shape index (κ1) is 12.4. The van der Waals surface area contributed by atoms with E-state index in [2.05, 4.69) is 10.2 Å². The van der Waals surface area contributed by atoms with Crippen molar-refractivity contribution in [2.45, 2.75) is 6.42 Å². The van der Waals surface area contributed by atoms with Crippen molar-refractivity contribution >= 4 is 5.91 Å². The fraction of sp³-hybridized carbons (Fsp3) is 0.923. The number of nitrogens with zero attached hydrogens (tertiary/aromatic N) is 1. The highest BCUT2D eigenvalue weighted by Gasteiger charge is 2.37. The molecule has 0 unspecified atom stereocenters. The molecular formula is C13H22N2O3. The fourth-order valence-electron chi connectivity index (χ4n) is 3.34. The molecule has 0 radical (unpaired) electrons. The molecule has 0 saturated carbocycles. The molecule has 0 aromatic rings. The second kappa shape index (κ2) is 5.55. The Morgan fingerprint density at radius 3 is 2.67 bits per heavy atom. The Bertz CT molecular complexity index is 303. The van der Waals surface area contributed by atoms with Gasteiger partial charge in [-0.3, -0.25) is 4.79 Å². The Morgan fingerprint density at radius 1 is 1.17 bits per heavy atom. The van der Waals surface area contributed by atoms with Crippen molar-refractivity contribution in [3.05, 3.63) is 0 Å². The SMILES string of the molecule is O=C1C[C@@H]2CN(CC3COCCOC3)C[C@@H]2CN1. The monoisotopic (exact) mass is 254 g/mol. The van der Waals surface area contributed by atoms with Crippen LogP contribution in [-0.4, -0.2) is 63.4 Å². The molecule has 3 aliphatic heterocycles. The van der Waals surface area contributed by atoms with Gasteiger partial charge >= 0.3 is 0 Å². The maximum absolute atomic E-state index is 11.4. The van der Waals surface area contributed by atoms with Crippen molar-refractivity contribution in [1.82, 2.24) is 10.2 Å². The molecule has 5 nitrogen and oxygen atoms in total. The Hall–Kier alpha value is -0.650. The number of carbonyl (C=O) groups is 1. The average molecular weight is 254 g/mol. The van der Waals surface area contributed by atoms with Crippen LogP contribution in [0.25, 0.3) is 0 Å². The molecule has 0 aromatic heterocycles. The predicted molar refractivity (Wildman–Crippen MR) is 66.2 cm³/mol. The molecule has 3 rings (SSSR count). The number of ether oxygens (including phenoxy) is 2. The molecule has 18 heavy (non-hydrogen) atoms. The maximum Gasteiger partial charge on any atom is 0.220 e. The van der Waals surface area contributed by atoms with Crippen molar-refractivity contribution in [3.63, 3.8) is 0 Å². The number of amides is 1. The zero-order chi connectivity index (χ0) is 12.4. The summed E-state index contributed by atoms with van der Waals surface area (Å²) in [5.74, 6) is 1.91. The minimum Gasteiger partial charge on any atom is -0.379 e. The standard InChI is InChI=1S/C13H22N2O3/c16-13-3-11-6-15(7-12(11)4-14-13)5-10-8-17-1-2-18-9-10/h10-12H,1-9H2,(H,14,16)/t11-,12+/m1/s1. The summed E-state index contributed by atoms with van der Waals surface area (Å²) in [5.41, 5.74) is 0. The van der Waals surface area contributed by atoms with Crippen LogP contribution in [0.15, 0.2) is 0 Å². The van der Waals surface area contributed by atoms with Crippen LogP contribution < -0.4 is 5.32 Å². The van der Waals surface area contributed by atoms with Gasteiger partial charge in [-0.25, -0.2) is 0 Å². The number of carbonyl (C=O) groups excluding carboxylic acids is 1. The van der Waals surface area contributed by atoms with Gasteiger partial charge in [-0.2, -0.15) is 0 Å². The largest absolute Gasteiger partial charge is 0.379 e. The molecular weight excluding hydrogens is 232 g/mol. The van der Waals surface area contributed by atoms with Crippen LogP contribution in [0.1, 0.15) is 6.42 Å². The van der Waals surface area contributed by atoms with E-state index >= 15 is 0 Å². The van der Waals surface area contributed by atoms with Gasteiger partial charge in [-0.1, -0.05) is 0 Å². The lowest BCUT2D eigenvalue weighted by atomic mass is 9.89. The molecule has 3 fully saturated rings. The summed E-state index contributed by atoms with van der Waals surface area (Å²) in [6.45, 7) is 7.14. The van der Waals surface area contributed by atoms with Crippen molar-refractivity contribution in [2.75, 3.05) is 52.6 Å². The first-order valence-corrected chi connectivity index (χ1v) is 6.96. The van der Waals surface area contributed by atoms with Crippen LogP contribution in [0.2, 0.25) is 0 Å². The van der Waals surface area contributed by atoms with Gasteiger partial charge in [0.1, 0.15) is 0 Å². The van der Waals surface area contributed by atoms with E-state index in [0.29, 0.717) is 24.2 Å². The third-order valence-corrected chi connectivity index (χ3v) is 4.26. The number of hydrogen-bond donors (Lipinski definition) is 1. The van der Waals surface area contributed by atoms with E-state index in [-0.39, 0.29) is 5.91 Å². The fourth-order valence-corrected chi connectivity index (χ4v) is 3.34. The quantitative estimate of drug-likeness (QED) is 0.736. The molecule has 3 saturated heterocycles. The molecule has 0 aromatic carbocycles. The number of fused-ring (bicyclic) bond motifs is 1. The minimum atomic E-state index is 0.222. The second-order valence-electron chi connectivity index (χ2n) is 5.76. The van der Waals surface area contributed by atoms with Crippen LogP contribution >= 0.6 is 0 Å². The predicted octanol–water partition coefficient (Wildman–Crippen LogP) is -0.283. The van der Waals surface area contributed by atoms with Gasteiger partial charge in [-0.15, -0.1) is 0 Å².